The lowest BCUT2D eigenvalue weighted by molar-refractivity contribution is -0.122. The molecule has 0 bridgehead atoms. The lowest BCUT2D eigenvalue weighted by atomic mass is 10.3. The smallest absolute Gasteiger partial charge is 0.413 e. The molecule has 3 amide bonds. The van der Waals surface area contributed by atoms with Crippen LogP contribution in [0, 0.1) is 5.82 Å². The van der Waals surface area contributed by atoms with Crippen LogP contribution >= 0.6 is 0 Å². The van der Waals surface area contributed by atoms with Crippen LogP contribution in [0.2, 0.25) is 0 Å². The molecule has 0 saturated heterocycles. The Balaban J connectivity index is 2.49. The van der Waals surface area contributed by atoms with E-state index in [1.807, 2.05) is 5.32 Å². The zero-order valence-electron chi connectivity index (χ0n) is 13.1. The highest BCUT2D eigenvalue weighted by atomic mass is 19.1. The van der Waals surface area contributed by atoms with Crippen LogP contribution in [0.3, 0.4) is 0 Å². The molecule has 0 aliphatic carbocycles. The van der Waals surface area contributed by atoms with Gasteiger partial charge in [0.25, 0.3) is 0 Å². The van der Waals surface area contributed by atoms with Gasteiger partial charge in [-0.3, -0.25) is 19.8 Å². The van der Waals surface area contributed by atoms with Crippen molar-refractivity contribution in [2.75, 3.05) is 31.6 Å². The van der Waals surface area contributed by atoms with Crippen LogP contribution in [-0.4, -0.2) is 49.0 Å². The average Bonchev–Trinajstić information content (AvgIpc) is 2.49. The maximum Gasteiger partial charge on any atom is 0.413 e. The van der Waals surface area contributed by atoms with Gasteiger partial charge in [-0.05, 0) is 25.6 Å². The van der Waals surface area contributed by atoms with E-state index < -0.39 is 23.7 Å². The third kappa shape index (κ3) is 6.88. The molecule has 23 heavy (non-hydrogen) atoms. The Morgan fingerprint density at radius 1 is 1.13 bits per heavy atom. The van der Waals surface area contributed by atoms with Gasteiger partial charge < -0.3 is 10.1 Å². The first-order valence-corrected chi connectivity index (χ1v) is 7.19. The van der Waals surface area contributed by atoms with Gasteiger partial charge in [-0.15, -0.1) is 0 Å². The lowest BCUT2D eigenvalue weighted by Gasteiger charge is -2.19. The number of anilines is 1. The number of carbonyl (C=O) groups excluding carboxylic acids is 3. The summed E-state index contributed by atoms with van der Waals surface area (Å²) in [5.41, 5.74) is 0.0736. The Hall–Kier alpha value is -2.48. The number of para-hydroxylation sites is 1. The van der Waals surface area contributed by atoms with Crippen molar-refractivity contribution in [3.8, 4) is 0 Å². The van der Waals surface area contributed by atoms with Gasteiger partial charge in [0.05, 0.1) is 25.4 Å². The number of likely N-dealkylation sites (N-methyl/N-ethyl adjacent to an activating group) is 1. The van der Waals surface area contributed by atoms with Gasteiger partial charge in [0, 0.05) is 0 Å². The molecule has 0 radical (unpaired) electrons. The van der Waals surface area contributed by atoms with Gasteiger partial charge >= 0.3 is 6.09 Å². The summed E-state index contributed by atoms with van der Waals surface area (Å²) >= 11 is 0. The van der Waals surface area contributed by atoms with Gasteiger partial charge in [-0.1, -0.05) is 19.1 Å². The molecule has 126 valence electrons. The lowest BCUT2D eigenvalue weighted by Crippen LogP contribution is -2.43. The number of hydrogen-bond acceptors (Lipinski definition) is 5. The van der Waals surface area contributed by atoms with E-state index in [2.05, 4.69) is 10.1 Å². The number of nitrogens with zero attached hydrogens (tertiary/aromatic N) is 1. The fourth-order valence-corrected chi connectivity index (χ4v) is 1.76. The van der Waals surface area contributed by atoms with Crippen molar-refractivity contribution in [1.29, 1.82) is 0 Å². The zero-order valence-corrected chi connectivity index (χ0v) is 13.1. The Kier molecular flexibility index (Phi) is 7.69. The first-order chi connectivity index (χ1) is 11.0. The van der Waals surface area contributed by atoms with Crippen molar-refractivity contribution in [3.05, 3.63) is 30.1 Å². The van der Waals surface area contributed by atoms with Crippen LogP contribution in [0.25, 0.3) is 0 Å². The fourth-order valence-electron chi connectivity index (χ4n) is 1.76. The van der Waals surface area contributed by atoms with Crippen molar-refractivity contribution < 1.29 is 23.5 Å². The molecule has 7 nitrogen and oxygen atoms in total. The van der Waals surface area contributed by atoms with Gasteiger partial charge in [0.15, 0.2) is 0 Å². The number of alkyl carbamates (subject to hydrolysis) is 1. The van der Waals surface area contributed by atoms with E-state index in [1.54, 1.807) is 19.9 Å². The molecule has 0 heterocycles. The van der Waals surface area contributed by atoms with Gasteiger partial charge in [-0.2, -0.15) is 0 Å². The zero-order chi connectivity index (χ0) is 17.2. The Morgan fingerprint density at radius 3 is 2.39 bits per heavy atom. The van der Waals surface area contributed by atoms with E-state index in [0.29, 0.717) is 6.54 Å². The normalized spacial score (nSPS) is 10.3. The van der Waals surface area contributed by atoms with Crippen molar-refractivity contribution in [1.82, 2.24) is 10.2 Å². The molecule has 0 unspecified atom stereocenters. The summed E-state index contributed by atoms with van der Waals surface area (Å²) in [6.45, 7) is 3.67. The summed E-state index contributed by atoms with van der Waals surface area (Å²) in [6, 6.07) is 5.79. The van der Waals surface area contributed by atoms with Crippen LogP contribution in [0.15, 0.2) is 24.3 Å². The van der Waals surface area contributed by atoms with E-state index >= 15 is 0 Å². The topological polar surface area (TPSA) is 87.7 Å². The van der Waals surface area contributed by atoms with Crippen LogP contribution in [0.1, 0.15) is 13.8 Å². The number of carbonyl (C=O) groups is 3. The molecule has 0 spiro atoms. The Labute approximate surface area is 133 Å². The number of amides is 3. The Bertz CT molecular complexity index is 565. The number of rotatable bonds is 7. The van der Waals surface area contributed by atoms with Gasteiger partial charge in [0.2, 0.25) is 11.8 Å². The summed E-state index contributed by atoms with van der Waals surface area (Å²) in [6.07, 6.45) is -0.829. The minimum absolute atomic E-state index is 0.0736. The van der Waals surface area contributed by atoms with Gasteiger partial charge in [-0.25, -0.2) is 9.18 Å². The van der Waals surface area contributed by atoms with Crippen LogP contribution in [-0.2, 0) is 14.3 Å². The molecule has 8 heteroatoms. The summed E-state index contributed by atoms with van der Waals surface area (Å²) in [5, 5.41) is 4.47. The average molecular weight is 325 g/mol. The highest BCUT2D eigenvalue weighted by molar-refractivity contribution is 5.94. The highest BCUT2D eigenvalue weighted by Crippen LogP contribution is 2.12. The summed E-state index contributed by atoms with van der Waals surface area (Å²) < 4.78 is 18.0. The molecule has 1 rings (SSSR count). The van der Waals surface area contributed by atoms with Crippen molar-refractivity contribution in [2.45, 2.75) is 13.8 Å². The SMILES string of the molecule is CCOC(=O)NC(=O)CN(CC)CC(=O)Nc1ccccc1F. The molecular formula is C15H20FN3O4. The van der Waals surface area contributed by atoms with Crippen LogP contribution in [0.5, 0.6) is 0 Å². The van der Waals surface area contributed by atoms with Crippen molar-refractivity contribution >= 4 is 23.6 Å². The number of halogens is 1. The molecule has 1 aromatic carbocycles. The maximum absolute atomic E-state index is 13.5. The third-order valence-corrected chi connectivity index (χ3v) is 2.85. The van der Waals surface area contributed by atoms with E-state index in [4.69, 9.17) is 0 Å². The van der Waals surface area contributed by atoms with E-state index in [9.17, 15) is 18.8 Å². The van der Waals surface area contributed by atoms with Crippen molar-refractivity contribution in [3.63, 3.8) is 0 Å². The number of imide groups is 1. The number of benzene rings is 1. The second-order valence-corrected chi connectivity index (χ2v) is 4.60. The Morgan fingerprint density at radius 2 is 1.78 bits per heavy atom. The quantitative estimate of drug-likeness (QED) is 0.790. The monoisotopic (exact) mass is 325 g/mol. The van der Waals surface area contributed by atoms with E-state index in [1.165, 1.54) is 23.1 Å². The van der Waals surface area contributed by atoms with E-state index in [0.717, 1.165) is 0 Å². The fraction of sp³-hybridized carbons (Fsp3) is 0.400. The van der Waals surface area contributed by atoms with E-state index in [-0.39, 0.29) is 25.4 Å². The molecule has 0 aliphatic heterocycles. The summed E-state index contributed by atoms with van der Waals surface area (Å²) in [4.78, 5) is 36.2. The minimum atomic E-state index is -0.829. The maximum atomic E-state index is 13.5. The molecule has 0 saturated carbocycles. The molecule has 0 aromatic heterocycles. The van der Waals surface area contributed by atoms with Crippen LogP contribution < -0.4 is 10.6 Å². The molecule has 1 aromatic rings. The number of nitrogens with one attached hydrogen (secondary N) is 2. The minimum Gasteiger partial charge on any atom is -0.450 e. The first-order valence-electron chi connectivity index (χ1n) is 7.19. The largest absolute Gasteiger partial charge is 0.450 e. The third-order valence-electron chi connectivity index (χ3n) is 2.85. The summed E-state index contributed by atoms with van der Waals surface area (Å²) in [7, 11) is 0. The molecule has 0 atom stereocenters. The second-order valence-electron chi connectivity index (χ2n) is 4.60. The molecule has 0 aliphatic rings. The van der Waals surface area contributed by atoms with Crippen molar-refractivity contribution in [2.24, 2.45) is 0 Å². The molecular weight excluding hydrogens is 305 g/mol. The van der Waals surface area contributed by atoms with Crippen LogP contribution in [0.4, 0.5) is 14.9 Å². The molecule has 2 N–H and O–H groups in total. The summed E-state index contributed by atoms with van der Waals surface area (Å²) in [5.74, 6) is -1.58. The first kappa shape index (κ1) is 18.6. The number of hydrogen-bond donors (Lipinski definition) is 2. The molecule has 0 fully saturated rings. The predicted octanol–water partition coefficient (Wildman–Crippen LogP) is 1.36. The standard InChI is InChI=1S/C15H20FN3O4/c1-3-19(10-14(21)18-15(22)23-4-2)9-13(20)17-12-8-6-5-7-11(12)16/h5-8H,3-4,9-10H2,1-2H3,(H,17,20)(H,18,21,22). The predicted molar refractivity (Wildman–Crippen MR) is 82.3 cm³/mol. The number of ether oxygens (including phenoxy) is 1. The second kappa shape index (κ2) is 9.52. The van der Waals surface area contributed by atoms with Gasteiger partial charge in [0.1, 0.15) is 5.82 Å². The highest BCUT2D eigenvalue weighted by Gasteiger charge is 2.16.